The van der Waals surface area contributed by atoms with Crippen LogP contribution in [-0.4, -0.2) is 43.6 Å². The molecule has 0 aromatic rings. The van der Waals surface area contributed by atoms with Gasteiger partial charge in [-0.05, 0) is 12.3 Å². The first-order chi connectivity index (χ1) is 7.92. The second-order valence-corrected chi connectivity index (χ2v) is 5.21. The Kier molecular flexibility index (Phi) is 8.16. The first-order valence-corrected chi connectivity index (χ1v) is 6.37. The van der Waals surface area contributed by atoms with Gasteiger partial charge in [0.15, 0.2) is 0 Å². The van der Waals surface area contributed by atoms with Gasteiger partial charge in [-0.25, -0.2) is 0 Å². The van der Waals surface area contributed by atoms with Crippen molar-refractivity contribution in [1.82, 2.24) is 5.32 Å². The molecule has 0 rings (SSSR count). The van der Waals surface area contributed by atoms with Gasteiger partial charge in [0.05, 0.1) is 14.2 Å². The molecule has 2 unspecified atom stereocenters. The van der Waals surface area contributed by atoms with Crippen molar-refractivity contribution in [3.63, 3.8) is 0 Å². The molecule has 6 heteroatoms. The van der Waals surface area contributed by atoms with Crippen LogP contribution in [0.2, 0.25) is 0 Å². The number of methoxy groups -OCH3 is 2. The summed E-state index contributed by atoms with van der Waals surface area (Å²) < 4.78 is 9.27. The van der Waals surface area contributed by atoms with Gasteiger partial charge in [-0.3, -0.25) is 9.59 Å². The van der Waals surface area contributed by atoms with E-state index in [0.717, 1.165) is 0 Å². The minimum Gasteiger partial charge on any atom is -0.468 e. The molecule has 0 radical (unpaired) electrons. The lowest BCUT2D eigenvalue weighted by Gasteiger charge is -2.19. The van der Waals surface area contributed by atoms with Gasteiger partial charge in [0.25, 0.3) is 0 Å². The maximum Gasteiger partial charge on any atom is 0.322 e. The lowest BCUT2D eigenvalue weighted by Crippen LogP contribution is -2.43. The molecule has 0 fully saturated rings. The van der Waals surface area contributed by atoms with Gasteiger partial charge in [-0.15, -0.1) is 0 Å². The van der Waals surface area contributed by atoms with E-state index in [-0.39, 0.29) is 11.9 Å². The fourth-order valence-electron chi connectivity index (χ4n) is 1.33. The van der Waals surface area contributed by atoms with E-state index < -0.39 is 10.9 Å². The third-order valence-electron chi connectivity index (χ3n) is 2.19. The molecule has 2 atom stereocenters. The number of ether oxygens (including phenoxy) is 2. The fraction of sp³-hybridized carbons (Fsp3) is 0.818. The minimum atomic E-state index is -0.466. The van der Waals surface area contributed by atoms with Gasteiger partial charge < -0.3 is 14.8 Å². The Bertz CT molecular complexity index is 258. The SMILES string of the molecule is COC(=O)C(Br)CNC(CC(C)C)C(=O)OC. The van der Waals surface area contributed by atoms with E-state index in [1.165, 1.54) is 14.2 Å². The van der Waals surface area contributed by atoms with Gasteiger partial charge in [-0.1, -0.05) is 29.8 Å². The number of hydrogen-bond donors (Lipinski definition) is 1. The number of rotatable bonds is 7. The molecule has 0 aromatic heterocycles. The molecule has 0 heterocycles. The van der Waals surface area contributed by atoms with Crippen LogP contribution in [-0.2, 0) is 19.1 Å². The highest BCUT2D eigenvalue weighted by molar-refractivity contribution is 9.10. The standard InChI is InChI=1S/C11H20BrNO4/c1-7(2)5-9(11(15)17-4)13-6-8(12)10(14)16-3/h7-9,13H,5-6H2,1-4H3. The molecule has 0 spiro atoms. The Morgan fingerprint density at radius 2 is 1.71 bits per heavy atom. The van der Waals surface area contributed by atoms with Crippen molar-refractivity contribution in [2.45, 2.75) is 31.1 Å². The maximum absolute atomic E-state index is 11.5. The van der Waals surface area contributed by atoms with Crippen LogP contribution in [0.5, 0.6) is 0 Å². The fourth-order valence-corrected chi connectivity index (χ4v) is 1.71. The van der Waals surface area contributed by atoms with Crippen LogP contribution in [0.15, 0.2) is 0 Å². The molecular formula is C11H20BrNO4. The monoisotopic (exact) mass is 309 g/mol. The van der Waals surface area contributed by atoms with Crippen molar-refractivity contribution in [3.8, 4) is 0 Å². The van der Waals surface area contributed by atoms with Crippen molar-refractivity contribution in [3.05, 3.63) is 0 Å². The molecule has 0 saturated heterocycles. The average molecular weight is 310 g/mol. The molecule has 0 amide bonds. The van der Waals surface area contributed by atoms with E-state index in [9.17, 15) is 9.59 Å². The zero-order chi connectivity index (χ0) is 13.4. The Morgan fingerprint density at radius 1 is 1.18 bits per heavy atom. The van der Waals surface area contributed by atoms with E-state index >= 15 is 0 Å². The number of hydrogen-bond acceptors (Lipinski definition) is 5. The van der Waals surface area contributed by atoms with Crippen LogP contribution < -0.4 is 5.32 Å². The summed E-state index contributed by atoms with van der Waals surface area (Å²) in [5.41, 5.74) is 0. The largest absolute Gasteiger partial charge is 0.468 e. The Hall–Kier alpha value is -0.620. The number of nitrogens with one attached hydrogen (secondary N) is 1. The van der Waals surface area contributed by atoms with Crippen LogP contribution in [0.25, 0.3) is 0 Å². The number of halogens is 1. The van der Waals surface area contributed by atoms with Crippen LogP contribution in [0.4, 0.5) is 0 Å². The summed E-state index contributed by atoms with van der Waals surface area (Å²) in [7, 11) is 2.67. The topological polar surface area (TPSA) is 64.6 Å². The molecule has 0 aliphatic carbocycles. The smallest absolute Gasteiger partial charge is 0.322 e. The molecular weight excluding hydrogens is 290 g/mol. The Labute approximate surface area is 110 Å². The summed E-state index contributed by atoms with van der Waals surface area (Å²) in [5, 5.41) is 2.99. The number of carbonyl (C=O) groups excluding carboxylic acids is 2. The molecule has 17 heavy (non-hydrogen) atoms. The van der Waals surface area contributed by atoms with Gasteiger partial charge in [0.1, 0.15) is 10.9 Å². The van der Waals surface area contributed by atoms with Gasteiger partial charge in [0, 0.05) is 6.54 Å². The average Bonchev–Trinajstić information content (AvgIpc) is 2.31. The van der Waals surface area contributed by atoms with E-state index in [1.54, 1.807) is 0 Å². The van der Waals surface area contributed by atoms with E-state index in [1.807, 2.05) is 13.8 Å². The Balaban J connectivity index is 4.25. The third-order valence-corrected chi connectivity index (χ3v) is 2.89. The van der Waals surface area contributed by atoms with Crippen LogP contribution in [0.3, 0.4) is 0 Å². The highest BCUT2D eigenvalue weighted by Crippen LogP contribution is 2.08. The van der Waals surface area contributed by atoms with Gasteiger partial charge in [-0.2, -0.15) is 0 Å². The number of esters is 2. The van der Waals surface area contributed by atoms with E-state index in [2.05, 4.69) is 26.0 Å². The lowest BCUT2D eigenvalue weighted by molar-refractivity contribution is -0.144. The van der Waals surface area contributed by atoms with Gasteiger partial charge >= 0.3 is 11.9 Å². The molecule has 0 aromatic carbocycles. The predicted octanol–water partition coefficient (Wildman–Crippen LogP) is 1.10. The van der Waals surface area contributed by atoms with Crippen molar-refractivity contribution >= 4 is 27.9 Å². The highest BCUT2D eigenvalue weighted by atomic mass is 79.9. The molecule has 1 N–H and O–H groups in total. The van der Waals surface area contributed by atoms with Crippen molar-refractivity contribution in [2.75, 3.05) is 20.8 Å². The normalized spacial score (nSPS) is 14.2. The molecule has 0 aliphatic heterocycles. The van der Waals surface area contributed by atoms with E-state index in [0.29, 0.717) is 18.9 Å². The molecule has 5 nitrogen and oxygen atoms in total. The first kappa shape index (κ1) is 16.4. The predicted molar refractivity (Wildman–Crippen MR) is 68.0 cm³/mol. The van der Waals surface area contributed by atoms with Crippen LogP contribution in [0, 0.1) is 5.92 Å². The number of alkyl halides is 1. The summed E-state index contributed by atoms with van der Waals surface area (Å²) in [6.45, 7) is 4.35. The second-order valence-electron chi connectivity index (χ2n) is 4.10. The second kappa shape index (κ2) is 8.47. The van der Waals surface area contributed by atoms with Crippen molar-refractivity contribution in [2.24, 2.45) is 5.92 Å². The zero-order valence-corrected chi connectivity index (χ0v) is 12.2. The molecule has 0 saturated carbocycles. The van der Waals surface area contributed by atoms with Crippen LogP contribution >= 0.6 is 15.9 Å². The van der Waals surface area contributed by atoms with Crippen LogP contribution in [0.1, 0.15) is 20.3 Å². The Morgan fingerprint density at radius 3 is 2.12 bits per heavy atom. The summed E-state index contributed by atoms with van der Waals surface area (Å²) in [6.07, 6.45) is 0.660. The maximum atomic E-state index is 11.5. The number of carbonyl (C=O) groups is 2. The van der Waals surface area contributed by atoms with Crippen molar-refractivity contribution < 1.29 is 19.1 Å². The highest BCUT2D eigenvalue weighted by Gasteiger charge is 2.23. The summed E-state index contributed by atoms with van der Waals surface area (Å²) in [5.74, 6) is -0.326. The quantitative estimate of drug-likeness (QED) is 0.563. The summed E-state index contributed by atoms with van der Waals surface area (Å²) >= 11 is 3.18. The molecule has 0 bridgehead atoms. The van der Waals surface area contributed by atoms with E-state index in [4.69, 9.17) is 4.74 Å². The zero-order valence-electron chi connectivity index (χ0n) is 10.7. The molecule has 0 aliphatic rings. The lowest BCUT2D eigenvalue weighted by atomic mass is 10.0. The molecule has 100 valence electrons. The third kappa shape index (κ3) is 6.63. The first-order valence-electron chi connectivity index (χ1n) is 5.45. The minimum absolute atomic E-state index is 0.316. The summed E-state index contributed by atoms with van der Waals surface area (Å²) in [4.78, 5) is 22.2. The van der Waals surface area contributed by atoms with Crippen molar-refractivity contribution in [1.29, 1.82) is 0 Å². The summed E-state index contributed by atoms with van der Waals surface area (Å²) in [6, 6.07) is -0.398. The van der Waals surface area contributed by atoms with Gasteiger partial charge in [0.2, 0.25) is 0 Å².